The van der Waals surface area contributed by atoms with E-state index in [2.05, 4.69) is 10.6 Å². The summed E-state index contributed by atoms with van der Waals surface area (Å²) in [5, 5.41) is 5.74. The van der Waals surface area contributed by atoms with Crippen molar-refractivity contribution in [2.45, 2.75) is 64.5 Å². The van der Waals surface area contributed by atoms with Gasteiger partial charge in [-0.15, -0.1) is 0 Å². The highest BCUT2D eigenvalue weighted by atomic mass is 16.2. The molecule has 4 N–H and O–H groups in total. The number of hydrogen-bond donors (Lipinski definition) is 3. The molecule has 110 valence electrons. The molecule has 1 fully saturated rings. The van der Waals surface area contributed by atoms with E-state index in [1.54, 1.807) is 0 Å². The van der Waals surface area contributed by atoms with Crippen molar-refractivity contribution in [2.24, 2.45) is 11.7 Å². The molecule has 5 nitrogen and oxygen atoms in total. The van der Waals surface area contributed by atoms with Crippen LogP contribution in [0.25, 0.3) is 0 Å². The van der Waals surface area contributed by atoms with Gasteiger partial charge in [-0.3, -0.25) is 9.59 Å². The van der Waals surface area contributed by atoms with Crippen LogP contribution in [0.15, 0.2) is 0 Å². The van der Waals surface area contributed by atoms with Gasteiger partial charge in [-0.2, -0.15) is 0 Å². The number of nitrogens with two attached hydrogens (primary N) is 1. The van der Waals surface area contributed by atoms with Crippen molar-refractivity contribution in [3.8, 4) is 0 Å². The first-order valence-electron chi connectivity index (χ1n) is 7.32. The lowest BCUT2D eigenvalue weighted by atomic mass is 9.88. The molecule has 1 aliphatic rings. The van der Waals surface area contributed by atoms with Gasteiger partial charge in [-0.05, 0) is 26.7 Å². The van der Waals surface area contributed by atoms with Gasteiger partial charge in [0.25, 0.3) is 0 Å². The van der Waals surface area contributed by atoms with E-state index in [0.717, 1.165) is 25.7 Å². The monoisotopic (exact) mass is 269 g/mol. The van der Waals surface area contributed by atoms with E-state index in [1.165, 1.54) is 6.42 Å². The van der Waals surface area contributed by atoms with E-state index >= 15 is 0 Å². The lowest BCUT2D eigenvalue weighted by Gasteiger charge is -2.23. The minimum absolute atomic E-state index is 0.0197. The molecule has 2 atom stereocenters. The van der Waals surface area contributed by atoms with Gasteiger partial charge in [0, 0.05) is 31.0 Å². The molecular weight excluding hydrogens is 242 g/mol. The SMILES string of the molecule is CC(CC(=O)N[C@@H](C)CN)NC(=O)C1CCCCC1. The third-order valence-corrected chi connectivity index (χ3v) is 3.62. The Balaban J connectivity index is 2.27. The molecule has 1 aliphatic carbocycles. The second-order valence-electron chi connectivity index (χ2n) is 5.65. The van der Waals surface area contributed by atoms with E-state index in [9.17, 15) is 9.59 Å². The quantitative estimate of drug-likeness (QED) is 0.670. The van der Waals surface area contributed by atoms with Gasteiger partial charge in [0.15, 0.2) is 0 Å². The molecule has 5 heteroatoms. The molecule has 0 bridgehead atoms. The summed E-state index contributed by atoms with van der Waals surface area (Å²) >= 11 is 0. The fourth-order valence-electron chi connectivity index (χ4n) is 2.45. The average Bonchev–Trinajstić information content (AvgIpc) is 2.39. The van der Waals surface area contributed by atoms with Crippen LogP contribution in [0.5, 0.6) is 0 Å². The molecule has 0 aromatic rings. The first-order chi connectivity index (χ1) is 9.02. The van der Waals surface area contributed by atoms with Gasteiger partial charge in [-0.1, -0.05) is 19.3 Å². The summed E-state index contributed by atoms with van der Waals surface area (Å²) < 4.78 is 0. The van der Waals surface area contributed by atoms with Crippen LogP contribution >= 0.6 is 0 Å². The first-order valence-corrected chi connectivity index (χ1v) is 7.32. The third kappa shape index (κ3) is 6.05. The molecule has 0 heterocycles. The van der Waals surface area contributed by atoms with Gasteiger partial charge in [0.2, 0.25) is 11.8 Å². The lowest BCUT2D eigenvalue weighted by molar-refractivity contribution is -0.127. The second kappa shape index (κ2) is 8.15. The summed E-state index contributed by atoms with van der Waals surface area (Å²) in [4.78, 5) is 23.7. The van der Waals surface area contributed by atoms with Crippen LogP contribution in [-0.4, -0.2) is 30.4 Å². The first kappa shape index (κ1) is 16.0. The normalized spacial score (nSPS) is 19.5. The Morgan fingerprint density at radius 2 is 1.74 bits per heavy atom. The lowest BCUT2D eigenvalue weighted by Crippen LogP contribution is -2.43. The fourth-order valence-corrected chi connectivity index (χ4v) is 2.45. The van der Waals surface area contributed by atoms with Gasteiger partial charge in [-0.25, -0.2) is 0 Å². The topological polar surface area (TPSA) is 84.2 Å². The standard InChI is InChI=1S/C14H27N3O2/c1-10(8-13(18)16-11(2)9-15)17-14(19)12-6-4-3-5-7-12/h10-12H,3-9,15H2,1-2H3,(H,16,18)(H,17,19)/t10?,11-/m0/s1. The molecule has 0 aromatic heterocycles. The smallest absolute Gasteiger partial charge is 0.223 e. The molecule has 2 amide bonds. The predicted octanol–water partition coefficient (Wildman–Crippen LogP) is 0.925. The maximum absolute atomic E-state index is 12.0. The van der Waals surface area contributed by atoms with Crippen LogP contribution < -0.4 is 16.4 Å². The number of rotatable bonds is 6. The van der Waals surface area contributed by atoms with Crippen LogP contribution in [0.4, 0.5) is 0 Å². The van der Waals surface area contributed by atoms with Gasteiger partial charge in [0.1, 0.15) is 0 Å². The molecule has 0 aromatic carbocycles. The summed E-state index contributed by atoms with van der Waals surface area (Å²) in [7, 11) is 0. The Kier molecular flexibility index (Phi) is 6.84. The molecule has 1 rings (SSSR count). The number of hydrogen-bond acceptors (Lipinski definition) is 3. The molecule has 0 saturated heterocycles. The molecule has 0 spiro atoms. The van der Waals surface area contributed by atoms with Crippen molar-refractivity contribution in [1.82, 2.24) is 10.6 Å². The highest BCUT2D eigenvalue weighted by Gasteiger charge is 2.22. The van der Waals surface area contributed by atoms with Crippen molar-refractivity contribution >= 4 is 11.8 Å². The largest absolute Gasteiger partial charge is 0.353 e. The van der Waals surface area contributed by atoms with Gasteiger partial charge in [0.05, 0.1) is 0 Å². The van der Waals surface area contributed by atoms with Gasteiger partial charge < -0.3 is 16.4 Å². The van der Waals surface area contributed by atoms with Crippen molar-refractivity contribution in [3.63, 3.8) is 0 Å². The van der Waals surface area contributed by atoms with Crippen molar-refractivity contribution in [2.75, 3.05) is 6.54 Å². The zero-order valence-electron chi connectivity index (χ0n) is 12.1. The third-order valence-electron chi connectivity index (χ3n) is 3.62. The van der Waals surface area contributed by atoms with E-state index in [1.807, 2.05) is 13.8 Å². The molecule has 0 radical (unpaired) electrons. The molecule has 19 heavy (non-hydrogen) atoms. The van der Waals surface area contributed by atoms with Crippen LogP contribution in [0.1, 0.15) is 52.4 Å². The molecular formula is C14H27N3O2. The van der Waals surface area contributed by atoms with E-state index in [-0.39, 0.29) is 29.8 Å². The predicted molar refractivity (Wildman–Crippen MR) is 75.5 cm³/mol. The van der Waals surface area contributed by atoms with E-state index < -0.39 is 0 Å². The zero-order chi connectivity index (χ0) is 14.3. The summed E-state index contributed by atoms with van der Waals surface area (Å²) in [5.41, 5.74) is 5.44. The zero-order valence-corrected chi connectivity index (χ0v) is 12.1. The highest BCUT2D eigenvalue weighted by Crippen LogP contribution is 2.23. The minimum Gasteiger partial charge on any atom is -0.353 e. The summed E-state index contributed by atoms with van der Waals surface area (Å²) in [6, 6.07) is -0.145. The van der Waals surface area contributed by atoms with Crippen LogP contribution in [0.3, 0.4) is 0 Å². The van der Waals surface area contributed by atoms with Crippen LogP contribution in [0, 0.1) is 5.92 Å². The molecule has 1 unspecified atom stereocenters. The van der Waals surface area contributed by atoms with Crippen molar-refractivity contribution < 1.29 is 9.59 Å². The molecule has 1 saturated carbocycles. The Bertz CT molecular complexity index is 301. The maximum Gasteiger partial charge on any atom is 0.223 e. The fraction of sp³-hybridized carbons (Fsp3) is 0.857. The average molecular weight is 269 g/mol. The van der Waals surface area contributed by atoms with E-state index in [0.29, 0.717) is 13.0 Å². The summed E-state index contributed by atoms with van der Waals surface area (Å²) in [6.45, 7) is 4.16. The molecule has 0 aliphatic heterocycles. The number of amides is 2. The minimum atomic E-state index is -0.126. The van der Waals surface area contributed by atoms with Crippen molar-refractivity contribution in [3.05, 3.63) is 0 Å². The summed E-state index contributed by atoms with van der Waals surface area (Å²) in [6.07, 6.45) is 5.79. The Morgan fingerprint density at radius 1 is 1.11 bits per heavy atom. The highest BCUT2D eigenvalue weighted by molar-refractivity contribution is 5.81. The van der Waals surface area contributed by atoms with Crippen LogP contribution in [0.2, 0.25) is 0 Å². The number of carbonyl (C=O) groups is 2. The Labute approximate surface area is 115 Å². The number of nitrogens with one attached hydrogen (secondary N) is 2. The van der Waals surface area contributed by atoms with E-state index in [4.69, 9.17) is 5.73 Å². The van der Waals surface area contributed by atoms with Gasteiger partial charge >= 0.3 is 0 Å². The number of carbonyl (C=O) groups excluding carboxylic acids is 2. The van der Waals surface area contributed by atoms with Crippen molar-refractivity contribution in [1.29, 1.82) is 0 Å². The summed E-state index contributed by atoms with van der Waals surface area (Å²) in [5.74, 6) is 0.184. The van der Waals surface area contributed by atoms with Crippen LogP contribution in [-0.2, 0) is 9.59 Å². The Morgan fingerprint density at radius 3 is 2.32 bits per heavy atom. The Hall–Kier alpha value is -1.10. The second-order valence-corrected chi connectivity index (χ2v) is 5.65. The maximum atomic E-state index is 12.0.